The van der Waals surface area contributed by atoms with Crippen LogP contribution in [0.5, 0.6) is 0 Å². The number of hydrogen-bond donors (Lipinski definition) is 1. The minimum absolute atomic E-state index is 0.180. The van der Waals surface area contributed by atoms with Gasteiger partial charge in [-0.1, -0.05) is 6.92 Å². The first-order valence-electron chi connectivity index (χ1n) is 5.36. The van der Waals surface area contributed by atoms with Crippen LogP contribution in [0.4, 0.5) is 0 Å². The molecular formula is C11H18N2OS. The minimum atomic E-state index is 0.180. The van der Waals surface area contributed by atoms with Gasteiger partial charge in [-0.05, 0) is 18.8 Å². The van der Waals surface area contributed by atoms with Gasteiger partial charge in [-0.25, -0.2) is 0 Å². The Kier molecular flexibility index (Phi) is 3.07. The summed E-state index contributed by atoms with van der Waals surface area (Å²) in [6.07, 6.45) is 6.24. The van der Waals surface area contributed by atoms with Crippen LogP contribution in [0.3, 0.4) is 0 Å². The van der Waals surface area contributed by atoms with Crippen LogP contribution in [-0.2, 0) is 7.05 Å². The molecule has 0 radical (unpaired) electrons. The molecule has 0 spiro atoms. The number of rotatable bonds is 4. The number of aliphatic hydroxyl groups excluding tert-OH is 1. The highest BCUT2D eigenvalue weighted by Gasteiger charge is 2.41. The van der Waals surface area contributed by atoms with Gasteiger partial charge in [0.2, 0.25) is 0 Å². The van der Waals surface area contributed by atoms with Crippen molar-refractivity contribution in [2.45, 2.75) is 24.7 Å². The standard InChI is InChI=1S/C11H18N2OS/c1-9-3-11(4-9,7-14)8-15-10-5-12-13(2)6-10/h5-6,9,14H,3-4,7-8H2,1-2H3. The molecule has 0 aliphatic heterocycles. The highest BCUT2D eigenvalue weighted by atomic mass is 32.2. The van der Waals surface area contributed by atoms with Crippen LogP contribution in [0, 0.1) is 11.3 Å². The van der Waals surface area contributed by atoms with Gasteiger partial charge in [0.25, 0.3) is 0 Å². The molecule has 15 heavy (non-hydrogen) atoms. The van der Waals surface area contributed by atoms with Gasteiger partial charge >= 0.3 is 0 Å². The summed E-state index contributed by atoms with van der Waals surface area (Å²) in [5.74, 6) is 1.80. The van der Waals surface area contributed by atoms with E-state index in [0.29, 0.717) is 6.61 Å². The summed E-state index contributed by atoms with van der Waals surface area (Å²) in [6, 6.07) is 0. The number of aryl methyl sites for hydroxylation is 1. The Balaban J connectivity index is 1.87. The van der Waals surface area contributed by atoms with Crippen molar-refractivity contribution in [2.75, 3.05) is 12.4 Å². The maximum atomic E-state index is 9.40. The summed E-state index contributed by atoms with van der Waals surface area (Å²) in [4.78, 5) is 1.20. The molecule has 1 N–H and O–H groups in total. The number of thioether (sulfide) groups is 1. The Hall–Kier alpha value is -0.480. The summed E-state index contributed by atoms with van der Waals surface area (Å²) in [5.41, 5.74) is 0.180. The lowest BCUT2D eigenvalue weighted by Gasteiger charge is -2.45. The van der Waals surface area contributed by atoms with Gasteiger partial charge in [0, 0.05) is 35.9 Å². The number of nitrogens with zero attached hydrogens (tertiary/aromatic N) is 2. The van der Waals surface area contributed by atoms with E-state index in [2.05, 4.69) is 12.0 Å². The number of aliphatic hydroxyl groups is 1. The summed E-state index contributed by atoms with van der Waals surface area (Å²) >= 11 is 1.81. The Morgan fingerprint density at radius 2 is 2.40 bits per heavy atom. The molecule has 1 aliphatic carbocycles. The predicted octanol–water partition coefficient (Wildman–Crippen LogP) is 1.92. The summed E-state index contributed by atoms with van der Waals surface area (Å²) < 4.78 is 1.82. The predicted molar refractivity (Wildman–Crippen MR) is 61.8 cm³/mol. The molecule has 0 unspecified atom stereocenters. The average molecular weight is 226 g/mol. The zero-order chi connectivity index (χ0) is 10.9. The Bertz CT molecular complexity index is 331. The van der Waals surface area contributed by atoms with Crippen molar-refractivity contribution in [3.63, 3.8) is 0 Å². The summed E-state index contributed by atoms with van der Waals surface area (Å²) in [5, 5.41) is 13.5. The molecule has 3 nitrogen and oxygen atoms in total. The molecule has 0 saturated heterocycles. The maximum absolute atomic E-state index is 9.40. The van der Waals surface area contributed by atoms with Gasteiger partial charge in [-0.2, -0.15) is 5.10 Å². The lowest BCUT2D eigenvalue weighted by molar-refractivity contribution is 0.0243. The monoisotopic (exact) mass is 226 g/mol. The van der Waals surface area contributed by atoms with Crippen LogP contribution < -0.4 is 0 Å². The van der Waals surface area contributed by atoms with E-state index < -0.39 is 0 Å². The molecule has 1 fully saturated rings. The third kappa shape index (κ3) is 2.37. The van der Waals surface area contributed by atoms with Crippen molar-refractivity contribution >= 4 is 11.8 Å². The quantitative estimate of drug-likeness (QED) is 0.797. The largest absolute Gasteiger partial charge is 0.396 e. The van der Waals surface area contributed by atoms with Crippen LogP contribution in [0.2, 0.25) is 0 Å². The second-order valence-corrected chi connectivity index (χ2v) is 5.86. The van der Waals surface area contributed by atoms with E-state index in [1.54, 1.807) is 0 Å². The van der Waals surface area contributed by atoms with E-state index in [1.165, 1.54) is 4.90 Å². The molecule has 0 bridgehead atoms. The van der Waals surface area contributed by atoms with Crippen molar-refractivity contribution < 1.29 is 5.11 Å². The molecule has 0 amide bonds. The molecule has 84 valence electrons. The van der Waals surface area contributed by atoms with E-state index >= 15 is 0 Å². The van der Waals surface area contributed by atoms with Gasteiger partial charge in [0.15, 0.2) is 0 Å². The van der Waals surface area contributed by atoms with Gasteiger partial charge < -0.3 is 5.11 Å². The SMILES string of the molecule is CC1CC(CO)(CSc2cnn(C)c2)C1. The number of hydrogen-bond acceptors (Lipinski definition) is 3. The highest BCUT2D eigenvalue weighted by molar-refractivity contribution is 7.99. The van der Waals surface area contributed by atoms with E-state index in [4.69, 9.17) is 0 Å². The maximum Gasteiger partial charge on any atom is 0.0625 e. The smallest absolute Gasteiger partial charge is 0.0625 e. The van der Waals surface area contributed by atoms with Crippen LogP contribution in [0.1, 0.15) is 19.8 Å². The van der Waals surface area contributed by atoms with Crippen molar-refractivity contribution in [3.8, 4) is 0 Å². The second-order valence-electron chi connectivity index (χ2n) is 4.81. The first-order chi connectivity index (χ1) is 7.13. The van der Waals surface area contributed by atoms with Crippen LogP contribution >= 0.6 is 11.8 Å². The van der Waals surface area contributed by atoms with Crippen molar-refractivity contribution in [2.24, 2.45) is 18.4 Å². The second kappa shape index (κ2) is 4.18. The van der Waals surface area contributed by atoms with E-state index in [0.717, 1.165) is 24.5 Å². The average Bonchev–Trinajstić information content (AvgIpc) is 2.57. The van der Waals surface area contributed by atoms with Crippen LogP contribution in [0.25, 0.3) is 0 Å². The minimum Gasteiger partial charge on any atom is -0.396 e. The van der Waals surface area contributed by atoms with Gasteiger partial charge in [0.05, 0.1) is 6.20 Å². The number of aromatic nitrogens is 2. The molecule has 2 rings (SSSR count). The molecule has 1 aliphatic rings. The van der Waals surface area contributed by atoms with E-state index in [-0.39, 0.29) is 5.41 Å². The zero-order valence-electron chi connectivity index (χ0n) is 9.31. The molecule has 1 aromatic heterocycles. The first-order valence-corrected chi connectivity index (χ1v) is 6.34. The van der Waals surface area contributed by atoms with Crippen LogP contribution in [0.15, 0.2) is 17.3 Å². The lowest BCUT2D eigenvalue weighted by Crippen LogP contribution is -2.41. The topological polar surface area (TPSA) is 38.1 Å². The fourth-order valence-electron chi connectivity index (χ4n) is 2.42. The molecule has 0 atom stereocenters. The normalized spacial score (nSPS) is 30.2. The highest BCUT2D eigenvalue weighted by Crippen LogP contribution is 2.47. The van der Waals surface area contributed by atoms with Crippen molar-refractivity contribution in [1.82, 2.24) is 9.78 Å². The fraction of sp³-hybridized carbons (Fsp3) is 0.727. The Morgan fingerprint density at radius 3 is 2.87 bits per heavy atom. The van der Waals surface area contributed by atoms with Crippen LogP contribution in [-0.4, -0.2) is 27.2 Å². The molecule has 1 aromatic rings. The van der Waals surface area contributed by atoms with E-state index in [1.807, 2.05) is 35.9 Å². The Morgan fingerprint density at radius 1 is 1.67 bits per heavy atom. The van der Waals surface area contributed by atoms with Gasteiger partial charge in [-0.15, -0.1) is 11.8 Å². The molecule has 1 heterocycles. The first kappa shape index (κ1) is 11.0. The summed E-state index contributed by atoms with van der Waals surface area (Å²) in [7, 11) is 1.93. The summed E-state index contributed by atoms with van der Waals surface area (Å²) in [6.45, 7) is 2.58. The molecule has 1 saturated carbocycles. The molecular weight excluding hydrogens is 208 g/mol. The molecule has 4 heteroatoms. The molecule has 0 aromatic carbocycles. The van der Waals surface area contributed by atoms with Crippen molar-refractivity contribution in [3.05, 3.63) is 12.4 Å². The van der Waals surface area contributed by atoms with Gasteiger partial charge in [0.1, 0.15) is 0 Å². The van der Waals surface area contributed by atoms with Gasteiger partial charge in [-0.3, -0.25) is 4.68 Å². The lowest BCUT2D eigenvalue weighted by atomic mass is 9.64. The Labute approximate surface area is 94.9 Å². The third-order valence-corrected chi connectivity index (χ3v) is 4.43. The fourth-order valence-corrected chi connectivity index (χ4v) is 3.57. The van der Waals surface area contributed by atoms with Crippen molar-refractivity contribution in [1.29, 1.82) is 0 Å². The zero-order valence-corrected chi connectivity index (χ0v) is 10.1. The third-order valence-electron chi connectivity index (χ3n) is 3.12. The van der Waals surface area contributed by atoms with E-state index in [9.17, 15) is 5.11 Å².